The molecule has 4 rings (SSSR count). The van der Waals surface area contributed by atoms with E-state index in [4.69, 9.17) is 0 Å². The van der Waals surface area contributed by atoms with Crippen LogP contribution < -0.4 is 0 Å². The number of aromatic nitrogens is 1. The molecule has 1 unspecified atom stereocenters. The van der Waals surface area contributed by atoms with Crippen molar-refractivity contribution in [3.63, 3.8) is 0 Å². The van der Waals surface area contributed by atoms with Crippen molar-refractivity contribution in [3.05, 3.63) is 71.4 Å². The molecular formula is C19H18N2O3S. The van der Waals surface area contributed by atoms with Crippen molar-refractivity contribution in [2.75, 3.05) is 6.26 Å². The van der Waals surface area contributed by atoms with Gasteiger partial charge in [0.15, 0.2) is 0 Å². The molecule has 25 heavy (non-hydrogen) atoms. The minimum Gasteiger partial charge on any atom is -0.346 e. The first-order valence-corrected chi connectivity index (χ1v) is 9.87. The molecule has 6 heteroatoms. The number of sulfonamides is 1. The fourth-order valence-corrected chi connectivity index (χ4v) is 4.49. The predicted molar refractivity (Wildman–Crippen MR) is 96.6 cm³/mol. The maximum absolute atomic E-state index is 13.1. The van der Waals surface area contributed by atoms with E-state index in [0.29, 0.717) is 0 Å². The fourth-order valence-electron chi connectivity index (χ4n) is 3.71. The van der Waals surface area contributed by atoms with Gasteiger partial charge >= 0.3 is 0 Å². The number of rotatable bonds is 2. The van der Waals surface area contributed by atoms with Gasteiger partial charge in [0.1, 0.15) is 0 Å². The second-order valence-corrected chi connectivity index (χ2v) is 8.29. The lowest BCUT2D eigenvalue weighted by molar-refractivity contribution is -0.128. The van der Waals surface area contributed by atoms with Crippen molar-refractivity contribution in [1.29, 1.82) is 0 Å². The highest BCUT2D eigenvalue weighted by molar-refractivity contribution is 7.88. The number of benzene rings is 2. The molecule has 0 saturated heterocycles. The molecule has 0 N–H and O–H groups in total. The van der Waals surface area contributed by atoms with E-state index in [0.717, 1.165) is 38.3 Å². The zero-order valence-electron chi connectivity index (χ0n) is 14.0. The molecule has 1 aliphatic heterocycles. The first-order valence-electron chi connectivity index (χ1n) is 8.02. The summed E-state index contributed by atoms with van der Waals surface area (Å²) in [5.74, 6) is -1.01. The van der Waals surface area contributed by atoms with Crippen LogP contribution in [0.2, 0.25) is 0 Å². The molecule has 5 nitrogen and oxygen atoms in total. The van der Waals surface area contributed by atoms with Crippen molar-refractivity contribution < 1.29 is 13.2 Å². The van der Waals surface area contributed by atoms with Crippen molar-refractivity contribution in [2.24, 2.45) is 7.05 Å². The zero-order chi connectivity index (χ0) is 17.8. The standard InChI is InChI=1S/C19H18N2O3S/c1-20-15-11-7-6-10-14(15)18-16(20)12-21(25(2,23)24)19(22)17(18)13-8-4-3-5-9-13/h3-11,17H,12H2,1-2H3. The number of carbonyl (C=O) groups is 1. The summed E-state index contributed by atoms with van der Waals surface area (Å²) in [5.41, 5.74) is 3.57. The molecule has 2 heterocycles. The molecule has 0 aliphatic carbocycles. The summed E-state index contributed by atoms with van der Waals surface area (Å²) in [4.78, 5) is 13.1. The van der Waals surface area contributed by atoms with Crippen LogP contribution in [-0.2, 0) is 28.4 Å². The first kappa shape index (κ1) is 15.9. The molecule has 0 fully saturated rings. The van der Waals surface area contributed by atoms with Gasteiger partial charge < -0.3 is 4.57 Å². The average Bonchev–Trinajstić information content (AvgIpc) is 2.87. The highest BCUT2D eigenvalue weighted by Crippen LogP contribution is 2.41. The van der Waals surface area contributed by atoms with Gasteiger partial charge in [-0.3, -0.25) is 4.79 Å². The summed E-state index contributed by atoms with van der Waals surface area (Å²) in [6.45, 7) is 0.0709. The van der Waals surface area contributed by atoms with Crippen molar-refractivity contribution >= 4 is 26.8 Å². The Morgan fingerprint density at radius 3 is 2.32 bits per heavy atom. The normalized spacial score (nSPS) is 17.8. The van der Waals surface area contributed by atoms with Crippen LogP contribution >= 0.6 is 0 Å². The Balaban J connectivity index is 2.06. The second kappa shape index (κ2) is 5.46. The summed E-state index contributed by atoms with van der Waals surface area (Å²) in [6, 6.07) is 17.2. The van der Waals surface area contributed by atoms with Gasteiger partial charge in [-0.05, 0) is 17.2 Å². The Kier molecular flexibility index (Phi) is 3.47. The van der Waals surface area contributed by atoms with Gasteiger partial charge in [-0.2, -0.15) is 0 Å². The van der Waals surface area contributed by atoms with Crippen LogP contribution in [0.25, 0.3) is 10.9 Å². The van der Waals surface area contributed by atoms with Crippen LogP contribution in [0, 0.1) is 0 Å². The van der Waals surface area contributed by atoms with Crippen LogP contribution in [0.15, 0.2) is 54.6 Å². The molecule has 1 atom stereocenters. The number of amides is 1. The third-order valence-corrected chi connectivity index (χ3v) is 5.99. The molecule has 128 valence electrons. The number of fused-ring (bicyclic) bond motifs is 3. The van der Waals surface area contributed by atoms with E-state index in [-0.39, 0.29) is 6.54 Å². The first-order chi connectivity index (χ1) is 11.9. The lowest BCUT2D eigenvalue weighted by Gasteiger charge is -2.32. The Morgan fingerprint density at radius 1 is 1.00 bits per heavy atom. The fraction of sp³-hybridized carbons (Fsp3) is 0.211. The van der Waals surface area contributed by atoms with Crippen LogP contribution in [0.1, 0.15) is 22.7 Å². The van der Waals surface area contributed by atoms with Gasteiger partial charge in [0.25, 0.3) is 0 Å². The van der Waals surface area contributed by atoms with Crippen LogP contribution in [0.4, 0.5) is 0 Å². The summed E-state index contributed by atoms with van der Waals surface area (Å²) in [6.07, 6.45) is 1.08. The minimum atomic E-state index is -3.64. The summed E-state index contributed by atoms with van der Waals surface area (Å²) < 4.78 is 27.4. The SMILES string of the molecule is Cn1c2c(c3ccccc31)C(c1ccccc1)C(=O)N(S(C)(=O)=O)C2. The Bertz CT molecular complexity index is 1080. The van der Waals surface area contributed by atoms with Gasteiger partial charge in [0.2, 0.25) is 15.9 Å². The molecule has 3 aromatic rings. The third-order valence-electron chi connectivity index (χ3n) is 4.88. The third kappa shape index (κ3) is 2.36. The number of aryl methyl sites for hydroxylation is 1. The minimum absolute atomic E-state index is 0.0709. The quantitative estimate of drug-likeness (QED) is 0.711. The molecule has 1 amide bonds. The molecule has 0 saturated carbocycles. The van der Waals surface area contributed by atoms with E-state index < -0.39 is 21.8 Å². The van der Waals surface area contributed by atoms with E-state index >= 15 is 0 Å². The van der Waals surface area contributed by atoms with Gasteiger partial charge in [-0.1, -0.05) is 48.5 Å². The smallest absolute Gasteiger partial charge is 0.248 e. The van der Waals surface area contributed by atoms with Crippen LogP contribution in [0.3, 0.4) is 0 Å². The number of nitrogens with zero attached hydrogens (tertiary/aromatic N) is 2. The maximum Gasteiger partial charge on any atom is 0.248 e. The topological polar surface area (TPSA) is 59.4 Å². The summed E-state index contributed by atoms with van der Waals surface area (Å²) >= 11 is 0. The van der Waals surface area contributed by atoms with E-state index in [9.17, 15) is 13.2 Å². The predicted octanol–water partition coefficient (Wildman–Crippen LogP) is 2.61. The number of hydrogen-bond donors (Lipinski definition) is 0. The summed E-state index contributed by atoms with van der Waals surface area (Å²) in [5, 5.41) is 0.996. The molecule has 2 aromatic carbocycles. The molecule has 0 spiro atoms. The molecule has 1 aliphatic rings. The Hall–Kier alpha value is -2.60. The van der Waals surface area contributed by atoms with Crippen molar-refractivity contribution in [3.8, 4) is 0 Å². The zero-order valence-corrected chi connectivity index (χ0v) is 14.8. The summed E-state index contributed by atoms with van der Waals surface area (Å²) in [7, 11) is -1.73. The van der Waals surface area contributed by atoms with Crippen LogP contribution in [0.5, 0.6) is 0 Å². The monoisotopic (exact) mass is 354 g/mol. The van der Waals surface area contributed by atoms with Gasteiger partial charge in [-0.25, -0.2) is 12.7 Å². The van der Waals surface area contributed by atoms with Gasteiger partial charge in [-0.15, -0.1) is 0 Å². The maximum atomic E-state index is 13.1. The highest BCUT2D eigenvalue weighted by Gasteiger charge is 2.41. The molecule has 0 bridgehead atoms. The molecular weight excluding hydrogens is 336 g/mol. The second-order valence-electron chi connectivity index (χ2n) is 6.39. The average molecular weight is 354 g/mol. The van der Waals surface area contributed by atoms with Crippen molar-refractivity contribution in [1.82, 2.24) is 8.87 Å². The number of carbonyl (C=O) groups excluding carboxylic acids is 1. The van der Waals surface area contributed by atoms with E-state index in [2.05, 4.69) is 0 Å². The Morgan fingerprint density at radius 2 is 1.64 bits per heavy atom. The van der Waals surface area contributed by atoms with E-state index in [1.165, 1.54) is 0 Å². The Labute approximate surface area is 146 Å². The van der Waals surface area contributed by atoms with Crippen molar-refractivity contribution in [2.45, 2.75) is 12.5 Å². The number of hydrogen-bond acceptors (Lipinski definition) is 3. The van der Waals surface area contributed by atoms with Gasteiger partial charge in [0.05, 0.1) is 18.7 Å². The molecule has 0 radical (unpaired) electrons. The van der Waals surface area contributed by atoms with E-state index in [1.54, 1.807) is 0 Å². The molecule has 1 aromatic heterocycles. The number of para-hydroxylation sites is 1. The largest absolute Gasteiger partial charge is 0.346 e. The van der Waals surface area contributed by atoms with E-state index in [1.807, 2.05) is 66.2 Å². The lowest BCUT2D eigenvalue weighted by atomic mass is 9.86. The highest BCUT2D eigenvalue weighted by atomic mass is 32.2. The van der Waals surface area contributed by atoms with Crippen LogP contribution in [-0.4, -0.2) is 29.5 Å². The lowest BCUT2D eigenvalue weighted by Crippen LogP contribution is -2.43. The van der Waals surface area contributed by atoms with Gasteiger partial charge in [0, 0.05) is 23.6 Å².